The second-order valence-electron chi connectivity index (χ2n) is 8.21. The topological polar surface area (TPSA) is 111 Å². The fourth-order valence-corrected chi connectivity index (χ4v) is 6.07. The summed E-state index contributed by atoms with van der Waals surface area (Å²) in [6, 6.07) is 4.97. The van der Waals surface area contributed by atoms with E-state index in [-0.39, 0.29) is 23.9 Å². The lowest BCUT2D eigenvalue weighted by molar-refractivity contribution is 0.0344. The maximum absolute atomic E-state index is 12.9. The number of thiophene rings is 1. The zero-order valence-corrected chi connectivity index (χ0v) is 17.8. The van der Waals surface area contributed by atoms with Crippen LogP contribution in [0, 0.1) is 0 Å². The number of anilines is 1. The van der Waals surface area contributed by atoms with Gasteiger partial charge in [0, 0.05) is 24.6 Å². The number of carbonyl (C=O) groups is 2. The van der Waals surface area contributed by atoms with Crippen LogP contribution in [0.4, 0.5) is 5.00 Å². The van der Waals surface area contributed by atoms with Gasteiger partial charge < -0.3 is 30.5 Å². The molecule has 1 amide bonds. The molecule has 1 aromatic carbocycles. The average molecular weight is 444 g/mol. The van der Waals surface area contributed by atoms with E-state index in [1.807, 2.05) is 6.07 Å². The molecule has 1 saturated heterocycles. The summed E-state index contributed by atoms with van der Waals surface area (Å²) >= 11 is 1.44. The molecule has 3 aliphatic rings. The number of ether oxygens (including phenoxy) is 1. The molecule has 0 spiro atoms. The highest BCUT2D eigenvalue weighted by Crippen LogP contribution is 2.41. The number of carboxylic acid groups (broad SMARTS) is 1. The summed E-state index contributed by atoms with van der Waals surface area (Å²) in [7, 11) is 0. The quantitative estimate of drug-likeness (QED) is 0.562. The molecule has 9 heteroatoms. The molecule has 0 radical (unpaired) electrons. The van der Waals surface area contributed by atoms with Crippen molar-refractivity contribution in [2.24, 2.45) is 0 Å². The first-order valence-electron chi connectivity index (χ1n) is 10.6. The number of hydrogen-bond acceptors (Lipinski definition) is 7. The van der Waals surface area contributed by atoms with Crippen LogP contribution in [0.1, 0.15) is 62.0 Å². The molecule has 3 aliphatic heterocycles. The Kier molecular flexibility index (Phi) is 5.33. The third-order valence-corrected chi connectivity index (χ3v) is 7.48. The molecular formula is C22H25N3O5S. The third-order valence-electron chi connectivity index (χ3n) is 6.20. The molecule has 0 aliphatic carbocycles. The highest BCUT2D eigenvalue weighted by Gasteiger charge is 2.36. The van der Waals surface area contributed by atoms with E-state index in [1.54, 1.807) is 11.0 Å². The van der Waals surface area contributed by atoms with Crippen LogP contribution in [0.3, 0.4) is 0 Å². The van der Waals surface area contributed by atoms with Gasteiger partial charge in [0.1, 0.15) is 17.0 Å². The molecule has 0 bridgehead atoms. The molecule has 2 atom stereocenters. The minimum Gasteiger partial charge on any atom is -0.507 e. The highest BCUT2D eigenvalue weighted by atomic mass is 32.1. The fourth-order valence-electron chi connectivity index (χ4n) is 4.72. The van der Waals surface area contributed by atoms with E-state index >= 15 is 0 Å². The standard InChI is InChI=1S/C22H25N3O5S/c26-15-5-3-4-12-10-25(21(27)17(12)15)11-14-19-13(7-8-23-14)18(22(28)29)20(31-19)24-16-6-1-2-9-30-16/h3-5,14,16,23-24,26H,1-2,6-11H2,(H,28,29). The van der Waals surface area contributed by atoms with E-state index in [2.05, 4.69) is 10.6 Å². The van der Waals surface area contributed by atoms with Gasteiger partial charge in [0.25, 0.3) is 5.91 Å². The first kappa shape index (κ1) is 20.3. The number of phenols is 1. The van der Waals surface area contributed by atoms with Crippen LogP contribution < -0.4 is 10.6 Å². The summed E-state index contributed by atoms with van der Waals surface area (Å²) in [5.74, 6) is -1.12. The van der Waals surface area contributed by atoms with E-state index in [1.165, 1.54) is 17.4 Å². The van der Waals surface area contributed by atoms with Gasteiger partial charge in [0.15, 0.2) is 0 Å². The number of aromatic hydroxyl groups is 1. The molecule has 4 N–H and O–H groups in total. The van der Waals surface area contributed by atoms with Gasteiger partial charge in [0.05, 0.1) is 17.2 Å². The van der Waals surface area contributed by atoms with Crippen molar-refractivity contribution in [3.63, 3.8) is 0 Å². The number of fused-ring (bicyclic) bond motifs is 2. The zero-order chi connectivity index (χ0) is 21.5. The normalized spacial score (nSPS) is 22.8. The summed E-state index contributed by atoms with van der Waals surface area (Å²) in [6.45, 7) is 2.18. The van der Waals surface area contributed by atoms with E-state index in [9.17, 15) is 19.8 Å². The number of amides is 1. The van der Waals surface area contributed by atoms with Crippen LogP contribution in [-0.2, 0) is 17.7 Å². The summed E-state index contributed by atoms with van der Waals surface area (Å²) in [6.07, 6.45) is 3.40. The second kappa shape index (κ2) is 8.14. The number of carboxylic acids is 1. The predicted molar refractivity (Wildman–Crippen MR) is 116 cm³/mol. The van der Waals surface area contributed by atoms with Gasteiger partial charge in [-0.05, 0) is 49.4 Å². The maximum atomic E-state index is 12.9. The Morgan fingerprint density at radius 2 is 2.23 bits per heavy atom. The number of phenolic OH excluding ortho intramolecular Hbond substituents is 1. The molecule has 164 valence electrons. The Bertz CT molecular complexity index is 1030. The number of nitrogens with one attached hydrogen (secondary N) is 2. The van der Waals surface area contributed by atoms with Crippen molar-refractivity contribution in [2.75, 3.05) is 25.0 Å². The molecular weight excluding hydrogens is 418 g/mol. The summed E-state index contributed by atoms with van der Waals surface area (Å²) in [5, 5.41) is 27.4. The summed E-state index contributed by atoms with van der Waals surface area (Å²) < 4.78 is 5.75. The number of hydrogen-bond donors (Lipinski definition) is 4. The van der Waals surface area contributed by atoms with Crippen LogP contribution in [0.5, 0.6) is 5.75 Å². The molecule has 8 nitrogen and oxygen atoms in total. The average Bonchev–Trinajstić information content (AvgIpc) is 3.28. The van der Waals surface area contributed by atoms with Crippen molar-refractivity contribution in [1.82, 2.24) is 10.2 Å². The van der Waals surface area contributed by atoms with Crippen molar-refractivity contribution in [3.8, 4) is 5.75 Å². The first-order valence-corrected chi connectivity index (χ1v) is 11.4. The highest BCUT2D eigenvalue weighted by molar-refractivity contribution is 7.16. The Morgan fingerprint density at radius 1 is 1.35 bits per heavy atom. The lowest BCUT2D eigenvalue weighted by Gasteiger charge is -2.28. The van der Waals surface area contributed by atoms with E-state index < -0.39 is 5.97 Å². The van der Waals surface area contributed by atoms with E-state index in [0.29, 0.717) is 48.8 Å². The largest absolute Gasteiger partial charge is 0.507 e. The number of carbonyl (C=O) groups excluding carboxylic acids is 1. The maximum Gasteiger partial charge on any atom is 0.338 e. The molecule has 4 heterocycles. The van der Waals surface area contributed by atoms with Gasteiger partial charge >= 0.3 is 5.97 Å². The second-order valence-corrected chi connectivity index (χ2v) is 9.26. The Hall–Kier alpha value is -2.62. The van der Waals surface area contributed by atoms with Crippen molar-refractivity contribution < 1.29 is 24.5 Å². The number of benzene rings is 1. The third kappa shape index (κ3) is 3.66. The number of rotatable bonds is 5. The Balaban J connectivity index is 1.41. The number of aromatic carboxylic acids is 1. The lowest BCUT2D eigenvalue weighted by Crippen LogP contribution is -2.38. The Morgan fingerprint density at radius 3 is 2.97 bits per heavy atom. The van der Waals surface area contributed by atoms with Gasteiger partial charge in [-0.25, -0.2) is 4.79 Å². The lowest BCUT2D eigenvalue weighted by atomic mass is 9.98. The van der Waals surface area contributed by atoms with E-state index in [4.69, 9.17) is 4.74 Å². The molecule has 31 heavy (non-hydrogen) atoms. The monoisotopic (exact) mass is 443 g/mol. The summed E-state index contributed by atoms with van der Waals surface area (Å²) in [5.41, 5.74) is 2.35. The van der Waals surface area contributed by atoms with Crippen LogP contribution in [-0.4, -0.2) is 52.9 Å². The van der Waals surface area contributed by atoms with Gasteiger partial charge in [-0.2, -0.15) is 0 Å². The van der Waals surface area contributed by atoms with Crippen LogP contribution in [0.15, 0.2) is 18.2 Å². The van der Waals surface area contributed by atoms with Crippen molar-refractivity contribution in [1.29, 1.82) is 0 Å². The van der Waals surface area contributed by atoms with Crippen molar-refractivity contribution in [3.05, 3.63) is 45.3 Å². The molecule has 1 aromatic heterocycles. The van der Waals surface area contributed by atoms with Gasteiger partial charge in [0.2, 0.25) is 0 Å². The zero-order valence-electron chi connectivity index (χ0n) is 17.0. The van der Waals surface area contributed by atoms with Crippen LogP contribution in [0.25, 0.3) is 0 Å². The van der Waals surface area contributed by atoms with Gasteiger partial charge in [-0.3, -0.25) is 4.79 Å². The first-order chi connectivity index (χ1) is 15.0. The van der Waals surface area contributed by atoms with Gasteiger partial charge in [-0.15, -0.1) is 11.3 Å². The predicted octanol–water partition coefficient (Wildman–Crippen LogP) is 2.93. The molecule has 0 saturated carbocycles. The molecule has 5 rings (SSSR count). The smallest absolute Gasteiger partial charge is 0.338 e. The van der Waals surface area contributed by atoms with E-state index in [0.717, 1.165) is 35.3 Å². The van der Waals surface area contributed by atoms with Crippen molar-refractivity contribution >= 4 is 28.2 Å². The molecule has 2 unspecified atom stereocenters. The Labute approximate surface area is 183 Å². The van der Waals surface area contributed by atoms with Crippen LogP contribution in [0.2, 0.25) is 0 Å². The van der Waals surface area contributed by atoms with Gasteiger partial charge in [-0.1, -0.05) is 12.1 Å². The SMILES string of the molecule is O=C(O)c1c(NC2CCCCO2)sc2c1CCNC2CN1Cc2cccc(O)c2C1=O. The molecule has 2 aromatic rings. The minimum atomic E-state index is -0.939. The minimum absolute atomic E-state index is 0.00514. The molecule has 1 fully saturated rings. The summed E-state index contributed by atoms with van der Waals surface area (Å²) in [4.78, 5) is 27.6. The van der Waals surface area contributed by atoms with Crippen molar-refractivity contribution in [2.45, 2.75) is 44.5 Å². The number of nitrogens with zero attached hydrogens (tertiary/aromatic N) is 1. The van der Waals surface area contributed by atoms with Crippen LogP contribution >= 0.6 is 11.3 Å². The fraction of sp³-hybridized carbons (Fsp3) is 0.455.